The Balaban J connectivity index is 2.09. The van der Waals surface area contributed by atoms with E-state index in [-0.39, 0.29) is 5.41 Å². The molecule has 0 amide bonds. The van der Waals surface area contributed by atoms with E-state index < -0.39 is 0 Å². The molecule has 110 valence electrons. The fourth-order valence-electron chi connectivity index (χ4n) is 4.18. The molecule has 1 saturated heterocycles. The van der Waals surface area contributed by atoms with Crippen LogP contribution in [0.2, 0.25) is 0 Å². The van der Waals surface area contributed by atoms with Crippen molar-refractivity contribution in [2.24, 2.45) is 0 Å². The van der Waals surface area contributed by atoms with Crippen LogP contribution in [0.15, 0.2) is 18.2 Å². The van der Waals surface area contributed by atoms with Crippen molar-refractivity contribution in [2.75, 3.05) is 27.2 Å². The molecule has 1 aromatic rings. The maximum absolute atomic E-state index is 5.45. The van der Waals surface area contributed by atoms with Crippen LogP contribution < -0.4 is 10.1 Å². The average Bonchev–Trinajstić information content (AvgIpc) is 2.46. The lowest BCUT2D eigenvalue weighted by molar-refractivity contribution is 0.0669. The molecule has 20 heavy (non-hydrogen) atoms. The second-order valence-corrected chi connectivity index (χ2v) is 6.48. The molecule has 1 N–H and O–H groups in total. The first-order chi connectivity index (χ1) is 9.60. The Morgan fingerprint density at radius 2 is 2.25 bits per heavy atom. The summed E-state index contributed by atoms with van der Waals surface area (Å²) < 4.78 is 5.45. The van der Waals surface area contributed by atoms with Crippen LogP contribution in [0.3, 0.4) is 0 Å². The van der Waals surface area contributed by atoms with Crippen LogP contribution >= 0.6 is 0 Å². The predicted octanol–water partition coefficient (Wildman–Crippen LogP) is 2.19. The van der Waals surface area contributed by atoms with E-state index in [0.717, 1.165) is 18.7 Å². The molecule has 1 fully saturated rings. The second kappa shape index (κ2) is 5.05. The SMILES string of the molecule is CCN[C@@H]1[C@H]2Cc3ccc(OC)cc3[C@@]1(C)CCN2C. The van der Waals surface area contributed by atoms with Crippen molar-refractivity contribution >= 4 is 0 Å². The zero-order valence-electron chi connectivity index (χ0n) is 13.1. The summed E-state index contributed by atoms with van der Waals surface area (Å²) in [7, 11) is 4.02. The van der Waals surface area contributed by atoms with Crippen molar-refractivity contribution in [3.05, 3.63) is 29.3 Å². The molecule has 1 aliphatic carbocycles. The molecule has 3 atom stereocenters. The Bertz CT molecular complexity index is 502. The second-order valence-electron chi connectivity index (χ2n) is 6.48. The normalized spacial score (nSPS) is 32.8. The third kappa shape index (κ3) is 1.95. The topological polar surface area (TPSA) is 24.5 Å². The Morgan fingerprint density at radius 1 is 1.45 bits per heavy atom. The number of likely N-dealkylation sites (tertiary alicyclic amines) is 1. The van der Waals surface area contributed by atoms with E-state index in [1.54, 1.807) is 7.11 Å². The summed E-state index contributed by atoms with van der Waals surface area (Å²) in [6.07, 6.45) is 2.35. The van der Waals surface area contributed by atoms with Crippen LogP contribution in [0.4, 0.5) is 0 Å². The molecular weight excluding hydrogens is 248 g/mol. The van der Waals surface area contributed by atoms with Crippen LogP contribution in [0.25, 0.3) is 0 Å². The number of methoxy groups -OCH3 is 1. The first-order valence-electron chi connectivity index (χ1n) is 7.71. The van der Waals surface area contributed by atoms with E-state index in [1.165, 1.54) is 24.1 Å². The van der Waals surface area contributed by atoms with Crippen LogP contribution in [0.5, 0.6) is 5.75 Å². The van der Waals surface area contributed by atoms with E-state index in [4.69, 9.17) is 4.74 Å². The van der Waals surface area contributed by atoms with Gasteiger partial charge in [-0.1, -0.05) is 19.9 Å². The fraction of sp³-hybridized carbons (Fsp3) is 0.647. The summed E-state index contributed by atoms with van der Waals surface area (Å²) in [5.41, 5.74) is 3.21. The number of piperidine rings is 1. The van der Waals surface area contributed by atoms with Crippen molar-refractivity contribution in [2.45, 2.75) is 44.2 Å². The van der Waals surface area contributed by atoms with Gasteiger partial charge in [-0.25, -0.2) is 0 Å². The van der Waals surface area contributed by atoms with Gasteiger partial charge in [0.25, 0.3) is 0 Å². The van der Waals surface area contributed by atoms with Crippen molar-refractivity contribution in [1.82, 2.24) is 10.2 Å². The number of nitrogens with zero attached hydrogens (tertiary/aromatic N) is 1. The molecule has 2 bridgehead atoms. The first-order valence-corrected chi connectivity index (χ1v) is 7.71. The molecule has 0 radical (unpaired) electrons. The van der Waals surface area contributed by atoms with E-state index in [9.17, 15) is 0 Å². The van der Waals surface area contributed by atoms with Gasteiger partial charge in [0.15, 0.2) is 0 Å². The van der Waals surface area contributed by atoms with Crippen molar-refractivity contribution < 1.29 is 4.74 Å². The van der Waals surface area contributed by atoms with Gasteiger partial charge in [0, 0.05) is 17.5 Å². The fourth-order valence-corrected chi connectivity index (χ4v) is 4.18. The minimum absolute atomic E-state index is 0.218. The number of rotatable bonds is 3. The highest BCUT2D eigenvalue weighted by Gasteiger charge is 2.49. The van der Waals surface area contributed by atoms with Crippen LogP contribution in [0, 0.1) is 0 Å². The molecule has 1 heterocycles. The maximum atomic E-state index is 5.45. The molecular formula is C17H26N2O. The highest BCUT2D eigenvalue weighted by Crippen LogP contribution is 2.45. The molecule has 1 aliphatic heterocycles. The summed E-state index contributed by atoms with van der Waals surface area (Å²) in [5, 5.41) is 3.75. The zero-order chi connectivity index (χ0) is 14.3. The van der Waals surface area contributed by atoms with Crippen molar-refractivity contribution in [3.63, 3.8) is 0 Å². The van der Waals surface area contributed by atoms with E-state index in [1.807, 2.05) is 0 Å². The standard InChI is InChI=1S/C17H26N2O/c1-5-18-16-15-10-12-6-7-13(20-4)11-14(12)17(16,2)8-9-19(15)3/h6-7,11,15-16,18H,5,8-10H2,1-4H3/t15-,16-,17-/m1/s1. The average molecular weight is 274 g/mol. The highest BCUT2D eigenvalue weighted by atomic mass is 16.5. The summed E-state index contributed by atoms with van der Waals surface area (Å²) >= 11 is 0. The largest absolute Gasteiger partial charge is 0.497 e. The molecule has 3 rings (SSSR count). The van der Waals surface area contributed by atoms with Crippen molar-refractivity contribution in [1.29, 1.82) is 0 Å². The van der Waals surface area contributed by atoms with Gasteiger partial charge in [-0.15, -0.1) is 0 Å². The number of hydrogen-bond acceptors (Lipinski definition) is 3. The molecule has 3 heteroatoms. The van der Waals surface area contributed by atoms with Gasteiger partial charge in [-0.2, -0.15) is 0 Å². The van der Waals surface area contributed by atoms with Gasteiger partial charge in [0.05, 0.1) is 7.11 Å². The number of fused-ring (bicyclic) bond motifs is 4. The van der Waals surface area contributed by atoms with Gasteiger partial charge >= 0.3 is 0 Å². The summed E-state index contributed by atoms with van der Waals surface area (Å²) in [5.74, 6) is 0.984. The van der Waals surface area contributed by atoms with Gasteiger partial charge in [-0.3, -0.25) is 0 Å². The Kier molecular flexibility index (Phi) is 3.51. The zero-order valence-corrected chi connectivity index (χ0v) is 13.1. The minimum Gasteiger partial charge on any atom is -0.497 e. The quantitative estimate of drug-likeness (QED) is 0.914. The molecule has 2 aliphatic rings. The third-order valence-electron chi connectivity index (χ3n) is 5.41. The van der Waals surface area contributed by atoms with Crippen LogP contribution in [-0.4, -0.2) is 44.2 Å². The molecule has 3 nitrogen and oxygen atoms in total. The van der Waals surface area contributed by atoms with E-state index >= 15 is 0 Å². The number of hydrogen-bond donors (Lipinski definition) is 1. The summed E-state index contributed by atoms with van der Waals surface area (Å²) in [4.78, 5) is 2.53. The summed E-state index contributed by atoms with van der Waals surface area (Å²) in [6, 6.07) is 7.77. The predicted molar refractivity (Wildman–Crippen MR) is 82.5 cm³/mol. The van der Waals surface area contributed by atoms with Gasteiger partial charge in [0.1, 0.15) is 5.75 Å². The third-order valence-corrected chi connectivity index (χ3v) is 5.41. The number of benzene rings is 1. The first kappa shape index (κ1) is 13.9. The lowest BCUT2D eigenvalue weighted by atomic mass is 9.61. The Labute approximate surface area is 122 Å². The van der Waals surface area contributed by atoms with Gasteiger partial charge in [0.2, 0.25) is 0 Å². The number of ether oxygens (including phenoxy) is 1. The van der Waals surface area contributed by atoms with Gasteiger partial charge in [-0.05, 0) is 56.2 Å². The lowest BCUT2D eigenvalue weighted by Crippen LogP contribution is -2.66. The Morgan fingerprint density at radius 3 is 2.95 bits per heavy atom. The molecule has 0 saturated carbocycles. The smallest absolute Gasteiger partial charge is 0.119 e. The Hall–Kier alpha value is -1.06. The van der Waals surface area contributed by atoms with E-state index in [2.05, 4.69) is 49.3 Å². The number of likely N-dealkylation sites (N-methyl/N-ethyl adjacent to an activating group) is 2. The molecule has 0 spiro atoms. The van der Waals surface area contributed by atoms with Crippen LogP contribution in [0.1, 0.15) is 31.4 Å². The van der Waals surface area contributed by atoms with Crippen LogP contribution in [-0.2, 0) is 11.8 Å². The van der Waals surface area contributed by atoms with Gasteiger partial charge < -0.3 is 15.0 Å². The molecule has 0 aromatic heterocycles. The molecule has 0 unspecified atom stereocenters. The lowest BCUT2D eigenvalue weighted by Gasteiger charge is -2.55. The highest BCUT2D eigenvalue weighted by molar-refractivity contribution is 5.45. The number of nitrogens with one attached hydrogen (secondary N) is 1. The summed E-state index contributed by atoms with van der Waals surface area (Å²) in [6.45, 7) is 6.85. The monoisotopic (exact) mass is 274 g/mol. The maximum Gasteiger partial charge on any atom is 0.119 e. The molecule has 1 aromatic carbocycles. The minimum atomic E-state index is 0.218. The van der Waals surface area contributed by atoms with E-state index in [0.29, 0.717) is 12.1 Å². The van der Waals surface area contributed by atoms with Crippen molar-refractivity contribution in [3.8, 4) is 5.75 Å².